The maximum absolute atomic E-state index is 12.9. The third-order valence-corrected chi connectivity index (χ3v) is 4.17. The molecule has 144 valence electrons. The largest absolute Gasteiger partial charge is 0.417 e. The van der Waals surface area contributed by atoms with E-state index in [2.05, 4.69) is 25.7 Å². The van der Waals surface area contributed by atoms with Gasteiger partial charge >= 0.3 is 6.18 Å². The quantitative estimate of drug-likeness (QED) is 0.411. The van der Waals surface area contributed by atoms with Gasteiger partial charge in [0.2, 0.25) is 0 Å². The fourth-order valence-corrected chi connectivity index (χ4v) is 2.60. The predicted octanol–water partition coefficient (Wildman–Crippen LogP) is 5.72. The van der Waals surface area contributed by atoms with Crippen molar-refractivity contribution in [2.24, 2.45) is 5.10 Å². The van der Waals surface area contributed by atoms with Crippen molar-refractivity contribution in [2.45, 2.75) is 6.18 Å². The van der Waals surface area contributed by atoms with Crippen LogP contribution >= 0.6 is 34.8 Å². The molecule has 11 heteroatoms. The molecule has 28 heavy (non-hydrogen) atoms. The van der Waals surface area contributed by atoms with E-state index in [1.807, 2.05) is 0 Å². The minimum absolute atomic E-state index is 0.0476. The summed E-state index contributed by atoms with van der Waals surface area (Å²) < 4.78 is 38.7. The molecule has 3 rings (SSSR count). The van der Waals surface area contributed by atoms with Crippen molar-refractivity contribution in [3.63, 3.8) is 0 Å². The second-order valence-electron chi connectivity index (χ2n) is 5.37. The number of pyridine rings is 1. The van der Waals surface area contributed by atoms with Crippen LogP contribution in [0.4, 0.5) is 19.0 Å². The van der Waals surface area contributed by atoms with E-state index >= 15 is 0 Å². The van der Waals surface area contributed by atoms with E-state index in [4.69, 9.17) is 34.8 Å². The SMILES string of the molecule is FC(F)(F)c1cnc(C(=NNc2ccc(Cl)nn2)c2ccc(Cl)cc2)c(Cl)c1. The first kappa shape index (κ1) is 20.3. The van der Waals surface area contributed by atoms with Gasteiger partial charge in [0.05, 0.1) is 10.6 Å². The van der Waals surface area contributed by atoms with Gasteiger partial charge in [0.1, 0.15) is 11.4 Å². The fraction of sp³-hybridized carbons (Fsp3) is 0.0588. The van der Waals surface area contributed by atoms with Gasteiger partial charge in [-0.2, -0.15) is 18.3 Å². The Balaban J connectivity index is 2.04. The van der Waals surface area contributed by atoms with Crippen LogP contribution in [-0.4, -0.2) is 20.9 Å². The van der Waals surface area contributed by atoms with Crippen LogP contribution in [0.5, 0.6) is 0 Å². The van der Waals surface area contributed by atoms with Gasteiger partial charge in [0.25, 0.3) is 0 Å². The Morgan fingerprint density at radius 1 is 0.964 bits per heavy atom. The Labute approximate surface area is 172 Å². The average molecular weight is 447 g/mol. The number of nitrogens with zero attached hydrogens (tertiary/aromatic N) is 4. The molecule has 0 aliphatic carbocycles. The summed E-state index contributed by atoms with van der Waals surface area (Å²) in [6.45, 7) is 0. The smallest absolute Gasteiger partial charge is 0.259 e. The van der Waals surface area contributed by atoms with Gasteiger partial charge in [-0.15, -0.1) is 10.2 Å². The third-order valence-electron chi connectivity index (χ3n) is 3.42. The molecule has 0 aliphatic heterocycles. The molecule has 0 bridgehead atoms. The number of halogens is 6. The zero-order valence-electron chi connectivity index (χ0n) is 13.7. The molecule has 2 heterocycles. The Morgan fingerprint density at radius 3 is 2.25 bits per heavy atom. The second kappa shape index (κ2) is 8.30. The molecular weight excluding hydrogens is 438 g/mol. The van der Waals surface area contributed by atoms with Gasteiger partial charge in [-0.1, -0.05) is 46.9 Å². The maximum Gasteiger partial charge on any atom is 0.417 e. The Hall–Kier alpha value is -2.42. The molecule has 0 saturated carbocycles. The number of hydrogen-bond acceptors (Lipinski definition) is 5. The number of alkyl halides is 3. The van der Waals surface area contributed by atoms with E-state index in [0.29, 0.717) is 16.8 Å². The Morgan fingerprint density at radius 2 is 1.68 bits per heavy atom. The van der Waals surface area contributed by atoms with Crippen LogP contribution in [0.25, 0.3) is 0 Å². The summed E-state index contributed by atoms with van der Waals surface area (Å²) in [6.07, 6.45) is -3.88. The van der Waals surface area contributed by atoms with Crippen LogP contribution in [0, 0.1) is 0 Å². The molecular formula is C17H9Cl3F3N5. The average Bonchev–Trinajstić information content (AvgIpc) is 2.65. The highest BCUT2D eigenvalue weighted by Gasteiger charge is 2.32. The molecule has 0 amide bonds. The zero-order valence-corrected chi connectivity index (χ0v) is 15.9. The summed E-state index contributed by atoms with van der Waals surface area (Å²) in [6, 6.07) is 10.3. The standard InChI is InChI=1S/C17H9Cl3F3N5/c18-11-3-1-9(2-4-11)15(28-27-14-6-5-13(20)25-26-14)16-12(19)7-10(8-24-16)17(21,22)23/h1-8H,(H,26,27). The highest BCUT2D eigenvalue weighted by molar-refractivity contribution is 6.35. The van der Waals surface area contributed by atoms with Crippen molar-refractivity contribution < 1.29 is 13.2 Å². The van der Waals surface area contributed by atoms with Gasteiger partial charge in [-0.3, -0.25) is 10.4 Å². The number of rotatable bonds is 4. The van der Waals surface area contributed by atoms with E-state index in [-0.39, 0.29) is 27.4 Å². The lowest BCUT2D eigenvalue weighted by atomic mass is 10.1. The number of hydrazone groups is 1. The molecule has 0 radical (unpaired) electrons. The number of aromatic nitrogens is 3. The Kier molecular flexibility index (Phi) is 6.02. The van der Waals surface area contributed by atoms with Crippen molar-refractivity contribution in [1.82, 2.24) is 15.2 Å². The summed E-state index contributed by atoms with van der Waals surface area (Å²) in [5.74, 6) is 0.263. The van der Waals surface area contributed by atoms with Crippen LogP contribution in [0.2, 0.25) is 15.2 Å². The van der Waals surface area contributed by atoms with E-state index in [1.54, 1.807) is 24.3 Å². The van der Waals surface area contributed by atoms with Gasteiger partial charge < -0.3 is 0 Å². The maximum atomic E-state index is 12.9. The van der Waals surface area contributed by atoms with Gasteiger partial charge in [0.15, 0.2) is 11.0 Å². The molecule has 3 aromatic rings. The second-order valence-corrected chi connectivity index (χ2v) is 6.60. The number of nitrogens with one attached hydrogen (secondary N) is 1. The van der Waals surface area contributed by atoms with Crippen LogP contribution in [0.15, 0.2) is 53.8 Å². The highest BCUT2D eigenvalue weighted by atomic mass is 35.5. The van der Waals surface area contributed by atoms with Crippen LogP contribution in [0.3, 0.4) is 0 Å². The monoisotopic (exact) mass is 445 g/mol. The minimum atomic E-state index is -4.57. The van der Waals surface area contributed by atoms with Gasteiger partial charge in [-0.25, -0.2) is 0 Å². The summed E-state index contributed by atoms with van der Waals surface area (Å²) in [5, 5.41) is 12.1. The lowest BCUT2D eigenvalue weighted by molar-refractivity contribution is -0.137. The lowest BCUT2D eigenvalue weighted by Crippen LogP contribution is -2.12. The molecule has 2 aromatic heterocycles. The first-order valence-corrected chi connectivity index (χ1v) is 8.69. The van der Waals surface area contributed by atoms with E-state index in [1.165, 1.54) is 12.1 Å². The van der Waals surface area contributed by atoms with E-state index < -0.39 is 11.7 Å². The number of benzene rings is 1. The molecule has 1 aromatic carbocycles. The highest BCUT2D eigenvalue weighted by Crippen LogP contribution is 2.31. The summed E-state index contributed by atoms with van der Waals surface area (Å²) in [7, 11) is 0. The zero-order chi connectivity index (χ0) is 20.3. The molecule has 0 atom stereocenters. The molecule has 0 fully saturated rings. The van der Waals surface area contributed by atoms with E-state index in [0.717, 1.165) is 6.07 Å². The molecule has 0 saturated heterocycles. The van der Waals surface area contributed by atoms with Crippen LogP contribution < -0.4 is 5.43 Å². The molecule has 0 unspecified atom stereocenters. The number of anilines is 1. The summed E-state index contributed by atoms with van der Waals surface area (Å²) >= 11 is 17.7. The molecule has 0 aliphatic rings. The predicted molar refractivity (Wildman–Crippen MR) is 102 cm³/mol. The van der Waals surface area contributed by atoms with Gasteiger partial charge in [0, 0.05) is 16.8 Å². The fourth-order valence-electron chi connectivity index (χ4n) is 2.12. The van der Waals surface area contributed by atoms with Crippen molar-refractivity contribution >= 4 is 46.3 Å². The number of hydrogen-bond donors (Lipinski definition) is 1. The first-order valence-electron chi connectivity index (χ1n) is 7.56. The molecule has 0 spiro atoms. The lowest BCUT2D eigenvalue weighted by Gasteiger charge is -2.12. The first-order chi connectivity index (χ1) is 13.2. The topological polar surface area (TPSA) is 63.1 Å². The third kappa shape index (κ3) is 4.89. The van der Waals surface area contributed by atoms with Crippen molar-refractivity contribution in [3.8, 4) is 0 Å². The summed E-state index contributed by atoms with van der Waals surface area (Å²) in [5.41, 5.74) is 2.45. The van der Waals surface area contributed by atoms with E-state index in [9.17, 15) is 13.2 Å². The Bertz CT molecular complexity index is 1010. The van der Waals surface area contributed by atoms with Crippen LogP contribution in [0.1, 0.15) is 16.8 Å². The van der Waals surface area contributed by atoms with Gasteiger partial charge in [-0.05, 0) is 30.3 Å². The normalized spacial score (nSPS) is 12.1. The summed E-state index contributed by atoms with van der Waals surface area (Å²) in [4.78, 5) is 3.86. The molecule has 1 N–H and O–H groups in total. The van der Waals surface area contributed by atoms with Crippen LogP contribution in [-0.2, 0) is 6.18 Å². The van der Waals surface area contributed by atoms with Crippen molar-refractivity contribution in [3.05, 3.63) is 80.7 Å². The van der Waals surface area contributed by atoms with Crippen molar-refractivity contribution in [2.75, 3.05) is 5.43 Å². The van der Waals surface area contributed by atoms with Crippen molar-refractivity contribution in [1.29, 1.82) is 0 Å². The molecule has 5 nitrogen and oxygen atoms in total. The minimum Gasteiger partial charge on any atom is -0.259 e.